The van der Waals surface area contributed by atoms with Gasteiger partial charge in [-0.15, -0.1) is 0 Å². The Morgan fingerprint density at radius 2 is 1.62 bits per heavy atom. The van der Waals surface area contributed by atoms with Gasteiger partial charge in [0, 0.05) is 18.3 Å². The number of hydrogen-bond acceptors (Lipinski definition) is 4. The Morgan fingerprint density at radius 3 is 2.29 bits per heavy atom. The summed E-state index contributed by atoms with van der Waals surface area (Å²) in [5.74, 6) is 0.412. The van der Waals surface area contributed by atoms with E-state index in [-0.39, 0.29) is 11.4 Å². The van der Waals surface area contributed by atoms with Crippen LogP contribution in [-0.4, -0.2) is 13.4 Å². The van der Waals surface area contributed by atoms with Crippen molar-refractivity contribution < 1.29 is 8.42 Å². The molecular weight excluding hydrogens is 322 g/mol. The fraction of sp³-hybridized carbons (Fsp3) is 0.0556. The zero-order valence-electron chi connectivity index (χ0n) is 12.9. The number of nitrogens with zero attached hydrogens (tertiary/aromatic N) is 1. The van der Waals surface area contributed by atoms with Gasteiger partial charge in [0.2, 0.25) is 10.0 Å². The van der Waals surface area contributed by atoms with E-state index in [0.29, 0.717) is 5.82 Å². The Hall–Kier alpha value is -2.70. The minimum absolute atomic E-state index is 0.213. The lowest BCUT2D eigenvalue weighted by atomic mass is 10.1. The van der Waals surface area contributed by atoms with E-state index >= 15 is 0 Å². The van der Waals surface area contributed by atoms with Crippen LogP contribution in [0.1, 0.15) is 5.56 Å². The third-order valence-corrected chi connectivity index (χ3v) is 5.04. The first-order chi connectivity index (χ1) is 11.6. The summed E-state index contributed by atoms with van der Waals surface area (Å²) in [5, 5.41) is 0. The van der Waals surface area contributed by atoms with Gasteiger partial charge in [0.1, 0.15) is 5.82 Å². The number of nitrogens with two attached hydrogens (primary N) is 1. The van der Waals surface area contributed by atoms with Gasteiger partial charge in [0.15, 0.2) is 0 Å². The third-order valence-electron chi connectivity index (χ3n) is 3.62. The minimum atomic E-state index is -3.56. The van der Waals surface area contributed by atoms with Gasteiger partial charge in [-0.2, -0.15) is 0 Å². The standard InChI is InChI=1S/C18H17N3O2S/c19-18-17(7-4-12-20-18)15-8-10-16(11-9-15)24(22,23)21-13-14-5-2-1-3-6-14/h1-12,21H,13H2,(H2,19,20). The fourth-order valence-corrected chi connectivity index (χ4v) is 3.35. The molecule has 0 amide bonds. The van der Waals surface area contributed by atoms with E-state index in [9.17, 15) is 8.42 Å². The maximum absolute atomic E-state index is 12.4. The maximum atomic E-state index is 12.4. The summed E-state index contributed by atoms with van der Waals surface area (Å²) in [7, 11) is -3.56. The third kappa shape index (κ3) is 3.61. The molecule has 0 aliphatic rings. The van der Waals surface area contributed by atoms with Crippen LogP contribution in [-0.2, 0) is 16.6 Å². The molecule has 1 heterocycles. The number of aromatic nitrogens is 1. The lowest BCUT2D eigenvalue weighted by Gasteiger charge is -2.09. The molecule has 0 saturated carbocycles. The summed E-state index contributed by atoms with van der Waals surface area (Å²) in [5.41, 5.74) is 8.35. The minimum Gasteiger partial charge on any atom is -0.383 e. The van der Waals surface area contributed by atoms with E-state index in [2.05, 4.69) is 9.71 Å². The fourth-order valence-electron chi connectivity index (χ4n) is 2.33. The molecule has 6 heteroatoms. The molecule has 5 nitrogen and oxygen atoms in total. The summed E-state index contributed by atoms with van der Waals surface area (Å²) < 4.78 is 27.3. The Balaban J connectivity index is 1.78. The molecule has 0 bridgehead atoms. The molecule has 3 N–H and O–H groups in total. The van der Waals surface area contributed by atoms with Crippen LogP contribution in [0.3, 0.4) is 0 Å². The van der Waals surface area contributed by atoms with E-state index in [1.807, 2.05) is 36.4 Å². The molecule has 0 radical (unpaired) electrons. The highest BCUT2D eigenvalue weighted by Gasteiger charge is 2.14. The largest absolute Gasteiger partial charge is 0.383 e. The number of benzene rings is 2. The van der Waals surface area contributed by atoms with Crippen LogP contribution in [0.2, 0.25) is 0 Å². The molecule has 0 fully saturated rings. The zero-order chi connectivity index (χ0) is 17.0. The molecule has 0 spiro atoms. The molecule has 3 aromatic rings. The highest BCUT2D eigenvalue weighted by atomic mass is 32.2. The Kier molecular flexibility index (Phi) is 4.59. The number of sulfonamides is 1. The van der Waals surface area contributed by atoms with Crippen molar-refractivity contribution in [2.45, 2.75) is 11.4 Å². The lowest BCUT2D eigenvalue weighted by molar-refractivity contribution is 0.581. The van der Waals surface area contributed by atoms with E-state index in [1.54, 1.807) is 36.5 Å². The highest BCUT2D eigenvalue weighted by Crippen LogP contribution is 2.25. The molecule has 0 saturated heterocycles. The van der Waals surface area contributed by atoms with Gasteiger partial charge in [0.25, 0.3) is 0 Å². The monoisotopic (exact) mass is 339 g/mol. The normalized spacial score (nSPS) is 11.3. The number of nitrogens with one attached hydrogen (secondary N) is 1. The van der Waals surface area contributed by atoms with E-state index in [4.69, 9.17) is 5.73 Å². The molecule has 0 unspecified atom stereocenters. The smallest absolute Gasteiger partial charge is 0.240 e. The molecule has 24 heavy (non-hydrogen) atoms. The van der Waals surface area contributed by atoms with Gasteiger partial charge < -0.3 is 5.73 Å². The van der Waals surface area contributed by atoms with E-state index in [0.717, 1.165) is 16.7 Å². The second-order valence-electron chi connectivity index (χ2n) is 5.27. The highest BCUT2D eigenvalue weighted by molar-refractivity contribution is 7.89. The molecule has 3 rings (SSSR count). The number of pyridine rings is 1. The van der Waals surface area contributed by atoms with Crippen LogP contribution in [0.25, 0.3) is 11.1 Å². The molecular formula is C18H17N3O2S. The van der Waals surface area contributed by atoms with Gasteiger partial charge in [0.05, 0.1) is 4.90 Å². The van der Waals surface area contributed by atoms with Crippen LogP contribution in [0.5, 0.6) is 0 Å². The van der Waals surface area contributed by atoms with Crippen molar-refractivity contribution in [3.63, 3.8) is 0 Å². The molecule has 1 aromatic heterocycles. The lowest BCUT2D eigenvalue weighted by Crippen LogP contribution is -2.23. The van der Waals surface area contributed by atoms with Gasteiger partial charge in [-0.05, 0) is 35.4 Å². The average molecular weight is 339 g/mol. The van der Waals surface area contributed by atoms with Gasteiger partial charge in [-0.3, -0.25) is 0 Å². The van der Waals surface area contributed by atoms with Crippen LogP contribution < -0.4 is 10.5 Å². The van der Waals surface area contributed by atoms with Crippen molar-refractivity contribution in [1.29, 1.82) is 0 Å². The van der Waals surface area contributed by atoms with Crippen LogP contribution in [0.4, 0.5) is 5.82 Å². The summed E-state index contributed by atoms with van der Waals surface area (Å²) in [6.45, 7) is 0.250. The Bertz CT molecular complexity index is 924. The van der Waals surface area contributed by atoms with Crippen molar-refractivity contribution in [3.8, 4) is 11.1 Å². The average Bonchev–Trinajstić information content (AvgIpc) is 2.62. The number of nitrogen functional groups attached to an aromatic ring is 1. The maximum Gasteiger partial charge on any atom is 0.240 e. The summed E-state index contributed by atoms with van der Waals surface area (Å²) in [6.07, 6.45) is 1.62. The quantitative estimate of drug-likeness (QED) is 0.748. The number of rotatable bonds is 5. The van der Waals surface area contributed by atoms with Crippen LogP contribution in [0, 0.1) is 0 Å². The Morgan fingerprint density at radius 1 is 0.917 bits per heavy atom. The van der Waals surface area contributed by atoms with E-state index < -0.39 is 10.0 Å². The van der Waals surface area contributed by atoms with Crippen LogP contribution >= 0.6 is 0 Å². The predicted molar refractivity (Wildman–Crippen MR) is 94.6 cm³/mol. The Labute approximate surface area is 141 Å². The van der Waals surface area contributed by atoms with Crippen molar-refractivity contribution in [2.24, 2.45) is 0 Å². The number of anilines is 1. The van der Waals surface area contributed by atoms with Gasteiger partial charge in [-0.25, -0.2) is 18.1 Å². The van der Waals surface area contributed by atoms with Gasteiger partial charge in [-0.1, -0.05) is 42.5 Å². The summed E-state index contributed by atoms with van der Waals surface area (Å²) in [4.78, 5) is 4.25. The van der Waals surface area contributed by atoms with Crippen LogP contribution in [0.15, 0.2) is 77.8 Å². The SMILES string of the molecule is Nc1ncccc1-c1ccc(S(=O)(=O)NCc2ccccc2)cc1. The van der Waals surface area contributed by atoms with Crippen molar-refractivity contribution in [2.75, 3.05) is 5.73 Å². The molecule has 0 atom stereocenters. The van der Waals surface area contributed by atoms with Crippen molar-refractivity contribution in [1.82, 2.24) is 9.71 Å². The van der Waals surface area contributed by atoms with E-state index in [1.165, 1.54) is 0 Å². The zero-order valence-corrected chi connectivity index (χ0v) is 13.7. The first-order valence-electron chi connectivity index (χ1n) is 7.41. The van der Waals surface area contributed by atoms with Gasteiger partial charge >= 0.3 is 0 Å². The summed E-state index contributed by atoms with van der Waals surface area (Å²) in [6, 6.07) is 19.6. The molecule has 0 aliphatic carbocycles. The molecule has 122 valence electrons. The molecule has 2 aromatic carbocycles. The summed E-state index contributed by atoms with van der Waals surface area (Å²) >= 11 is 0. The first kappa shape index (κ1) is 16.2. The second kappa shape index (κ2) is 6.82. The second-order valence-corrected chi connectivity index (χ2v) is 7.04. The van der Waals surface area contributed by atoms with Crippen molar-refractivity contribution >= 4 is 15.8 Å². The molecule has 0 aliphatic heterocycles. The predicted octanol–water partition coefficient (Wildman–Crippen LogP) is 2.81. The van der Waals surface area contributed by atoms with Crippen molar-refractivity contribution in [3.05, 3.63) is 78.5 Å². The first-order valence-corrected chi connectivity index (χ1v) is 8.89. The topological polar surface area (TPSA) is 85.1 Å². The number of hydrogen-bond donors (Lipinski definition) is 2.